The normalized spacial score (nSPS) is 31.5. The van der Waals surface area contributed by atoms with Crippen molar-refractivity contribution in [2.24, 2.45) is 11.8 Å². The molecule has 5 bridgehead atoms. The highest BCUT2D eigenvalue weighted by Crippen LogP contribution is 2.46. The largest absolute Gasteiger partial charge is 0.496 e. The van der Waals surface area contributed by atoms with Gasteiger partial charge in [0, 0.05) is 35.4 Å². The summed E-state index contributed by atoms with van der Waals surface area (Å²) in [5.74, 6) is -0.844. The summed E-state index contributed by atoms with van der Waals surface area (Å²) >= 11 is 0. The first-order chi connectivity index (χ1) is 28.0. The lowest BCUT2D eigenvalue weighted by Gasteiger charge is -2.30. The summed E-state index contributed by atoms with van der Waals surface area (Å²) in [6.07, 6.45) is 13.8. The van der Waals surface area contributed by atoms with Crippen molar-refractivity contribution in [3.63, 3.8) is 0 Å². The average Bonchev–Trinajstić information content (AvgIpc) is 4.08. The highest BCUT2D eigenvalue weighted by Gasteiger charge is 2.62. The highest BCUT2D eigenvalue weighted by atomic mass is 32.2. The van der Waals surface area contributed by atoms with Crippen LogP contribution >= 0.6 is 0 Å². The zero-order chi connectivity index (χ0) is 40.6. The van der Waals surface area contributed by atoms with Gasteiger partial charge in [0.15, 0.2) is 0 Å². The molecule has 15 nitrogen and oxygen atoms in total. The summed E-state index contributed by atoms with van der Waals surface area (Å²) in [6, 6.07) is 3.35. The van der Waals surface area contributed by atoms with Gasteiger partial charge < -0.3 is 34.5 Å². The number of methoxy groups -OCH3 is 1. The first-order valence-corrected chi connectivity index (χ1v) is 22.3. The second-order valence-electron chi connectivity index (χ2n) is 16.5. The number of hydrogen-bond donors (Lipinski definition) is 3. The molecule has 3 N–H and O–H groups in total. The van der Waals surface area contributed by atoms with Gasteiger partial charge in [0.2, 0.25) is 27.7 Å². The van der Waals surface area contributed by atoms with Gasteiger partial charge in [0.05, 0.1) is 31.0 Å². The minimum absolute atomic E-state index is 0.00979. The zero-order valence-corrected chi connectivity index (χ0v) is 33.9. The predicted octanol–water partition coefficient (Wildman–Crippen LogP) is 4.67. The number of hydrogen-bond acceptors (Lipinski definition) is 11. The molecule has 1 aromatic heterocycles. The van der Waals surface area contributed by atoms with Gasteiger partial charge in [0.1, 0.15) is 41.3 Å². The number of nitrogens with zero attached hydrogens (tertiary/aromatic N) is 2. The average molecular weight is 820 g/mol. The number of pyridine rings is 1. The molecule has 0 spiro atoms. The van der Waals surface area contributed by atoms with Crippen LogP contribution in [0.15, 0.2) is 36.4 Å². The zero-order valence-electron chi connectivity index (χ0n) is 33.1. The Balaban J connectivity index is 1.18. The predicted molar refractivity (Wildman–Crippen MR) is 213 cm³/mol. The lowest BCUT2D eigenvalue weighted by atomic mass is 10.00. The molecule has 4 heterocycles. The van der Waals surface area contributed by atoms with Crippen molar-refractivity contribution >= 4 is 50.8 Å². The summed E-state index contributed by atoms with van der Waals surface area (Å²) in [5.41, 5.74) is -0.150. The first-order valence-electron chi connectivity index (χ1n) is 20.8. The van der Waals surface area contributed by atoms with E-state index in [1.807, 2.05) is 37.3 Å². The second-order valence-corrected chi connectivity index (χ2v) is 18.4. The van der Waals surface area contributed by atoms with Crippen LogP contribution in [0, 0.1) is 11.8 Å². The number of rotatable bonds is 6. The monoisotopic (exact) mass is 819 g/mol. The van der Waals surface area contributed by atoms with Gasteiger partial charge in [-0.1, -0.05) is 37.1 Å². The van der Waals surface area contributed by atoms with E-state index in [1.165, 1.54) is 4.90 Å². The van der Waals surface area contributed by atoms with Crippen molar-refractivity contribution in [2.75, 3.05) is 20.3 Å². The van der Waals surface area contributed by atoms with Gasteiger partial charge in [0.25, 0.3) is 5.91 Å². The Morgan fingerprint density at radius 2 is 1.88 bits per heavy atom. The Kier molecular flexibility index (Phi) is 11.3. The standard InChI is InChI=1S/C42H53N5O10S/c1-3-55-37-22-36-30-19-26(35(54-2)21-32(30)43-37)13-9-11-25-12-10-16-34(25)57-41(51)44-31-15-8-6-4-5-7-14-27-23-42(27,40(50)46-58(52,53)29-17-18-29)45-38(48)33-20-28(56-36)24-47(33)39(31)49/h7,9,13-14,19,21-22,25,27-29,31,33-34H,3-6,8,10-12,15-18,20,23-24H2,1-2H3,(H,44,51)(H,45,48)(H,46,50)/b13-9+,14-7-/t25-,27+,28-,31+,33+,34-,42-/m1/s1. The molecule has 1 saturated heterocycles. The highest BCUT2D eigenvalue weighted by molar-refractivity contribution is 7.91. The van der Waals surface area contributed by atoms with Crippen LogP contribution in [0.5, 0.6) is 17.4 Å². The number of ether oxygens (including phenoxy) is 4. The molecule has 312 valence electrons. The smallest absolute Gasteiger partial charge is 0.408 e. The molecule has 3 saturated carbocycles. The van der Waals surface area contributed by atoms with Crippen molar-refractivity contribution in [1.82, 2.24) is 25.2 Å². The molecule has 2 aromatic rings. The van der Waals surface area contributed by atoms with E-state index in [4.69, 9.17) is 23.9 Å². The molecule has 3 aliphatic heterocycles. The van der Waals surface area contributed by atoms with Gasteiger partial charge in [-0.3, -0.25) is 19.1 Å². The summed E-state index contributed by atoms with van der Waals surface area (Å²) in [4.78, 5) is 62.9. The Labute approximate surface area is 338 Å². The number of carbonyl (C=O) groups excluding carboxylic acids is 4. The fraction of sp³-hybridized carbons (Fsp3) is 0.595. The molecular formula is C42H53N5O10S. The van der Waals surface area contributed by atoms with E-state index in [2.05, 4.69) is 21.4 Å². The number of allylic oxidation sites excluding steroid dienone is 2. The number of nitrogens with one attached hydrogen (secondary N) is 3. The molecule has 1 aromatic carbocycles. The van der Waals surface area contributed by atoms with Crippen molar-refractivity contribution < 1.29 is 46.5 Å². The van der Waals surface area contributed by atoms with Crippen molar-refractivity contribution in [2.45, 2.75) is 125 Å². The maximum atomic E-state index is 14.7. The quantitative estimate of drug-likeness (QED) is 0.343. The number of sulfonamides is 1. The Morgan fingerprint density at radius 1 is 1.03 bits per heavy atom. The Morgan fingerprint density at radius 3 is 2.67 bits per heavy atom. The van der Waals surface area contributed by atoms with E-state index >= 15 is 0 Å². The summed E-state index contributed by atoms with van der Waals surface area (Å²) in [5, 5.41) is 5.84. The molecule has 8 rings (SSSR count). The number of alkyl carbamates (subject to hydrolysis) is 1. The van der Waals surface area contributed by atoms with Crippen LogP contribution in [0.1, 0.15) is 96.0 Å². The van der Waals surface area contributed by atoms with Crippen LogP contribution in [-0.4, -0.2) is 97.5 Å². The van der Waals surface area contributed by atoms with Gasteiger partial charge >= 0.3 is 6.09 Å². The first kappa shape index (κ1) is 39.9. The minimum atomic E-state index is -3.90. The molecule has 7 atom stereocenters. The van der Waals surface area contributed by atoms with E-state index in [0.717, 1.165) is 31.2 Å². The molecule has 0 radical (unpaired) electrons. The number of carbonyl (C=O) groups is 4. The fourth-order valence-corrected chi connectivity index (χ4v) is 10.3. The maximum Gasteiger partial charge on any atom is 0.408 e. The van der Waals surface area contributed by atoms with Gasteiger partial charge in [-0.05, 0) is 83.1 Å². The molecule has 6 aliphatic rings. The molecule has 16 heteroatoms. The van der Waals surface area contributed by atoms with Gasteiger partial charge in [-0.15, -0.1) is 0 Å². The number of benzene rings is 1. The third-order valence-corrected chi connectivity index (χ3v) is 14.2. The summed E-state index contributed by atoms with van der Waals surface area (Å²) < 4.78 is 52.4. The Bertz CT molecular complexity index is 2120. The number of fused-ring (bicyclic) bond motifs is 5. The fourth-order valence-electron chi connectivity index (χ4n) is 8.98. The van der Waals surface area contributed by atoms with Crippen LogP contribution < -0.4 is 29.6 Å². The van der Waals surface area contributed by atoms with Crippen LogP contribution in [0.25, 0.3) is 17.0 Å². The molecule has 4 amide bonds. The topological polar surface area (TPSA) is 192 Å². The molecule has 58 heavy (non-hydrogen) atoms. The van der Waals surface area contributed by atoms with E-state index in [9.17, 15) is 27.6 Å². The molecule has 0 unspecified atom stereocenters. The van der Waals surface area contributed by atoms with Crippen LogP contribution in [0.3, 0.4) is 0 Å². The van der Waals surface area contributed by atoms with Crippen LogP contribution in [0.4, 0.5) is 4.79 Å². The lowest BCUT2D eigenvalue weighted by molar-refractivity contribution is -0.141. The summed E-state index contributed by atoms with van der Waals surface area (Å²) in [6.45, 7) is 2.20. The van der Waals surface area contributed by atoms with E-state index in [0.29, 0.717) is 79.8 Å². The van der Waals surface area contributed by atoms with Gasteiger partial charge in [-0.2, -0.15) is 0 Å². The van der Waals surface area contributed by atoms with Gasteiger partial charge in [-0.25, -0.2) is 18.2 Å². The third kappa shape index (κ3) is 8.34. The van der Waals surface area contributed by atoms with Crippen molar-refractivity contribution in [3.8, 4) is 17.4 Å². The van der Waals surface area contributed by atoms with E-state index < -0.39 is 68.7 Å². The third-order valence-electron chi connectivity index (χ3n) is 12.4. The Hall–Kier alpha value is -4.86. The SMILES string of the molecule is CCOc1cc2c3cc(c(OC)cc3n1)/C=C/C[C@@H]1CCC[C@H]1OC(=O)N[C@H]1CCCCC/C=C\[C@H]3C[C@@]3(C(=O)NS(=O)(=O)C3CC3)NC(=O)[C@@H]3C[C@H](CN3C1=O)O2. The van der Waals surface area contributed by atoms with E-state index in [-0.39, 0.29) is 31.4 Å². The van der Waals surface area contributed by atoms with Crippen LogP contribution in [-0.2, 0) is 29.1 Å². The number of aromatic nitrogens is 1. The summed E-state index contributed by atoms with van der Waals surface area (Å²) in [7, 11) is -2.31. The minimum Gasteiger partial charge on any atom is -0.496 e. The van der Waals surface area contributed by atoms with Crippen molar-refractivity contribution in [1.29, 1.82) is 0 Å². The van der Waals surface area contributed by atoms with Crippen molar-refractivity contribution in [3.05, 3.63) is 42.0 Å². The lowest BCUT2D eigenvalue weighted by Crippen LogP contribution is -2.58. The molecule has 4 fully saturated rings. The molecule has 3 aliphatic carbocycles. The van der Waals surface area contributed by atoms with Crippen LogP contribution in [0.2, 0.25) is 0 Å². The number of amides is 4. The molecular weight excluding hydrogens is 767 g/mol. The van der Waals surface area contributed by atoms with E-state index in [1.54, 1.807) is 13.2 Å². The second kappa shape index (κ2) is 16.4. The maximum absolute atomic E-state index is 14.7.